The molecule has 9 nitrogen and oxygen atoms in total. The van der Waals surface area contributed by atoms with E-state index < -0.39 is 0 Å². The Morgan fingerprint density at radius 2 is 0.939 bits per heavy atom. The van der Waals surface area contributed by atoms with Crippen LogP contribution in [-0.2, 0) is 9.47 Å². The van der Waals surface area contributed by atoms with E-state index in [4.69, 9.17) is 27.8 Å². The zero-order chi connectivity index (χ0) is 34.0. The van der Waals surface area contributed by atoms with Gasteiger partial charge in [0.25, 0.3) is 0 Å². The van der Waals surface area contributed by atoms with E-state index in [0.717, 1.165) is 22.3 Å². The Kier molecular flexibility index (Phi) is 11.2. The molecule has 0 saturated heterocycles. The van der Waals surface area contributed by atoms with Crippen LogP contribution in [-0.4, -0.2) is 52.7 Å². The summed E-state index contributed by atoms with van der Waals surface area (Å²) in [6.45, 7) is 8.21. The minimum atomic E-state index is -0.0593. The van der Waals surface area contributed by atoms with E-state index in [1.807, 2.05) is 98.8 Å². The summed E-state index contributed by atoms with van der Waals surface area (Å²) < 4.78 is 34.8. The quantitative estimate of drug-likeness (QED) is 0.110. The van der Waals surface area contributed by atoms with Crippen molar-refractivity contribution in [1.82, 2.24) is 5.32 Å². The fraction of sp³-hybridized carbons (Fsp3) is 0.250. The van der Waals surface area contributed by atoms with Gasteiger partial charge in [0.15, 0.2) is 10.9 Å². The maximum Gasteiger partial charge on any atom is 0.193 e. The van der Waals surface area contributed by atoms with Crippen LogP contribution in [0.25, 0.3) is 44.6 Å². The van der Waals surface area contributed by atoms with Crippen molar-refractivity contribution in [2.75, 3.05) is 52.7 Å². The first-order chi connectivity index (χ1) is 23.9. The summed E-state index contributed by atoms with van der Waals surface area (Å²) in [6, 6.07) is 29.2. The van der Waals surface area contributed by atoms with Crippen molar-refractivity contribution >= 4 is 21.9 Å². The molecule has 1 N–H and O–H groups in total. The minimum absolute atomic E-state index is 0.0593. The molecule has 9 heteroatoms. The molecule has 0 bridgehead atoms. The highest BCUT2D eigenvalue weighted by Gasteiger charge is 2.09. The van der Waals surface area contributed by atoms with E-state index in [2.05, 4.69) is 5.32 Å². The molecule has 0 amide bonds. The first-order valence-electron chi connectivity index (χ1n) is 16.3. The average Bonchev–Trinajstić information content (AvgIpc) is 3.11. The molecule has 0 fully saturated rings. The minimum Gasteiger partial charge on any atom is -0.491 e. The molecule has 252 valence electrons. The maximum absolute atomic E-state index is 12.5. The molecule has 0 spiro atoms. The predicted molar refractivity (Wildman–Crippen MR) is 191 cm³/mol. The van der Waals surface area contributed by atoms with Gasteiger partial charge in [0.05, 0.1) is 37.2 Å². The van der Waals surface area contributed by atoms with E-state index in [1.54, 1.807) is 0 Å². The second-order valence-corrected chi connectivity index (χ2v) is 11.7. The molecular weight excluding hydrogens is 622 g/mol. The number of aryl methyl sites for hydroxylation is 2. The fourth-order valence-corrected chi connectivity index (χ4v) is 5.31. The molecule has 0 saturated carbocycles. The Balaban J connectivity index is 0.799. The number of nitrogens with one attached hydrogen (secondary N) is 1. The molecule has 0 aliphatic rings. The molecule has 4 aromatic carbocycles. The van der Waals surface area contributed by atoms with Crippen molar-refractivity contribution in [2.24, 2.45) is 0 Å². The second kappa shape index (κ2) is 16.3. The van der Waals surface area contributed by atoms with Crippen molar-refractivity contribution in [2.45, 2.75) is 13.8 Å². The van der Waals surface area contributed by atoms with Gasteiger partial charge >= 0.3 is 0 Å². The number of ether oxygens (including phenoxy) is 4. The van der Waals surface area contributed by atoms with Crippen LogP contribution in [0, 0.1) is 13.8 Å². The van der Waals surface area contributed by atoms with Crippen LogP contribution in [0.5, 0.6) is 11.5 Å². The molecule has 6 aromatic rings. The van der Waals surface area contributed by atoms with Gasteiger partial charge in [-0.15, -0.1) is 0 Å². The van der Waals surface area contributed by atoms with Crippen LogP contribution < -0.4 is 25.6 Å². The summed E-state index contributed by atoms with van der Waals surface area (Å²) in [5.74, 6) is 2.48. The van der Waals surface area contributed by atoms with Crippen molar-refractivity contribution < 1.29 is 27.8 Å². The van der Waals surface area contributed by atoms with E-state index in [1.165, 1.54) is 12.1 Å². The van der Waals surface area contributed by atoms with Gasteiger partial charge in [0, 0.05) is 36.3 Å². The largest absolute Gasteiger partial charge is 0.491 e. The summed E-state index contributed by atoms with van der Waals surface area (Å²) in [5.41, 5.74) is 4.68. The topological polar surface area (TPSA) is 109 Å². The zero-order valence-electron chi connectivity index (χ0n) is 27.7. The molecule has 0 aliphatic heterocycles. The Hall–Kier alpha value is -5.22. The smallest absolute Gasteiger partial charge is 0.193 e. The Bertz CT molecular complexity index is 1960. The van der Waals surface area contributed by atoms with E-state index in [9.17, 15) is 9.59 Å². The third-order valence-corrected chi connectivity index (χ3v) is 7.88. The normalized spacial score (nSPS) is 11.3. The van der Waals surface area contributed by atoms with Crippen LogP contribution in [0.3, 0.4) is 0 Å². The lowest BCUT2D eigenvalue weighted by Gasteiger charge is -2.10. The average molecular weight is 662 g/mol. The van der Waals surface area contributed by atoms with E-state index >= 15 is 0 Å². The Labute approximate surface area is 284 Å². The summed E-state index contributed by atoms with van der Waals surface area (Å²) in [4.78, 5) is 25.1. The third kappa shape index (κ3) is 9.03. The highest BCUT2D eigenvalue weighted by Crippen LogP contribution is 2.26. The summed E-state index contributed by atoms with van der Waals surface area (Å²) in [6.07, 6.45) is 0. The van der Waals surface area contributed by atoms with Gasteiger partial charge < -0.3 is 33.1 Å². The molecule has 6 rings (SSSR count). The summed E-state index contributed by atoms with van der Waals surface area (Å²) in [7, 11) is 0. The van der Waals surface area contributed by atoms with Gasteiger partial charge in [-0.3, -0.25) is 9.59 Å². The van der Waals surface area contributed by atoms with Crippen LogP contribution in [0.2, 0.25) is 0 Å². The number of rotatable bonds is 16. The van der Waals surface area contributed by atoms with Crippen molar-refractivity contribution in [3.63, 3.8) is 0 Å². The molecule has 0 aliphatic carbocycles. The summed E-state index contributed by atoms with van der Waals surface area (Å²) >= 11 is 0. The SMILES string of the molecule is Cc1ccc2oc(-c3ccc(OCCOCCNCCOCCOc4ccc(-c5cc(=O)c6cc(C)ccc6o5)cc4)cc3)cc(=O)c2c1. The molecule has 2 heterocycles. The van der Waals surface area contributed by atoms with Gasteiger partial charge in [-0.1, -0.05) is 23.3 Å². The van der Waals surface area contributed by atoms with Crippen molar-refractivity contribution in [1.29, 1.82) is 0 Å². The third-order valence-electron chi connectivity index (χ3n) is 7.88. The molecule has 0 radical (unpaired) electrons. The zero-order valence-corrected chi connectivity index (χ0v) is 27.7. The molecule has 0 unspecified atom stereocenters. The molecule has 2 aromatic heterocycles. The number of fused-ring (bicyclic) bond motifs is 2. The predicted octanol–water partition coefficient (Wildman–Crippen LogP) is 6.93. The first kappa shape index (κ1) is 33.7. The van der Waals surface area contributed by atoms with Gasteiger partial charge in [-0.25, -0.2) is 0 Å². The fourth-order valence-electron chi connectivity index (χ4n) is 5.31. The van der Waals surface area contributed by atoms with Gasteiger partial charge in [-0.2, -0.15) is 0 Å². The van der Waals surface area contributed by atoms with E-state index in [-0.39, 0.29) is 10.9 Å². The maximum atomic E-state index is 12.5. The summed E-state index contributed by atoms with van der Waals surface area (Å²) in [5, 5.41) is 4.46. The first-order valence-corrected chi connectivity index (χ1v) is 16.3. The van der Waals surface area contributed by atoms with Crippen LogP contribution in [0.1, 0.15) is 11.1 Å². The molecular formula is C40H39NO8. The number of hydrogen-bond acceptors (Lipinski definition) is 9. The molecule has 49 heavy (non-hydrogen) atoms. The van der Waals surface area contributed by atoms with Crippen LogP contribution in [0.15, 0.2) is 115 Å². The highest BCUT2D eigenvalue weighted by molar-refractivity contribution is 5.80. The monoisotopic (exact) mass is 661 g/mol. The number of benzene rings is 4. The van der Waals surface area contributed by atoms with Crippen molar-refractivity contribution in [3.05, 3.63) is 129 Å². The highest BCUT2D eigenvalue weighted by atomic mass is 16.5. The van der Waals surface area contributed by atoms with E-state index in [0.29, 0.717) is 97.7 Å². The number of hydrogen-bond donors (Lipinski definition) is 1. The van der Waals surface area contributed by atoms with Crippen molar-refractivity contribution in [3.8, 4) is 34.1 Å². The van der Waals surface area contributed by atoms with Crippen LogP contribution >= 0.6 is 0 Å². The lowest BCUT2D eigenvalue weighted by atomic mass is 10.1. The van der Waals surface area contributed by atoms with Gasteiger partial charge in [0.1, 0.15) is 47.4 Å². The van der Waals surface area contributed by atoms with Crippen LogP contribution in [0.4, 0.5) is 0 Å². The lowest BCUT2D eigenvalue weighted by molar-refractivity contribution is 0.0906. The van der Waals surface area contributed by atoms with Gasteiger partial charge in [0.2, 0.25) is 0 Å². The standard InChI is InChI=1S/C40H39NO8/c1-27-3-13-37-33(23-27)35(42)25-39(48-37)29-5-9-31(10-6-29)46-21-19-44-17-15-41-16-18-45-20-22-47-32-11-7-30(8-12-32)40-26-36(43)34-24-28(2)4-14-38(34)49-40/h3-14,23-26,41H,15-22H2,1-2H3. The van der Waals surface area contributed by atoms with Gasteiger partial charge in [-0.05, 0) is 86.6 Å². The Morgan fingerprint density at radius 1 is 0.510 bits per heavy atom. The second-order valence-electron chi connectivity index (χ2n) is 11.7. The molecule has 0 atom stereocenters. The Morgan fingerprint density at radius 3 is 1.37 bits per heavy atom. The lowest BCUT2D eigenvalue weighted by Crippen LogP contribution is -2.25.